The van der Waals surface area contributed by atoms with E-state index in [0.29, 0.717) is 11.6 Å². The number of amides is 1. The van der Waals surface area contributed by atoms with E-state index in [1.54, 1.807) is 6.92 Å². The summed E-state index contributed by atoms with van der Waals surface area (Å²) in [6.45, 7) is 0.815. The molecular weight excluding hydrogens is 369 g/mol. The second-order valence-corrected chi connectivity index (χ2v) is 5.48. The van der Waals surface area contributed by atoms with E-state index in [9.17, 15) is 32.9 Å². The number of hydrogen-bond donors (Lipinski definition) is 1. The molecule has 0 heterocycles. The molecule has 27 heavy (non-hydrogen) atoms. The van der Waals surface area contributed by atoms with Crippen molar-refractivity contribution in [2.24, 2.45) is 0 Å². The van der Waals surface area contributed by atoms with Crippen LogP contribution in [0.25, 0.3) is 0 Å². The van der Waals surface area contributed by atoms with Gasteiger partial charge in [0.25, 0.3) is 11.6 Å². The zero-order chi connectivity index (χ0) is 20.2. The van der Waals surface area contributed by atoms with Crippen LogP contribution in [0.3, 0.4) is 0 Å². The minimum atomic E-state index is -4.63. The number of nitro benzene ring substituents is 1. The Morgan fingerprint density at radius 3 is 2.52 bits per heavy atom. The number of rotatable bonds is 5. The summed E-state index contributed by atoms with van der Waals surface area (Å²) < 4.78 is 42.6. The standard InChI is InChI=1S/C17H13F3N2O5/c1-10-5-6-13(14(7-10)22(25)26)21-15(23)9-27-16(24)11-3-2-4-12(8-11)17(18,19)20/h2-8H,9H2,1H3,(H,21,23). The highest BCUT2D eigenvalue weighted by molar-refractivity contribution is 5.96. The van der Waals surface area contributed by atoms with Crippen LogP contribution in [0.2, 0.25) is 0 Å². The van der Waals surface area contributed by atoms with E-state index in [-0.39, 0.29) is 16.9 Å². The van der Waals surface area contributed by atoms with E-state index in [1.807, 2.05) is 0 Å². The summed E-state index contributed by atoms with van der Waals surface area (Å²) in [5.74, 6) is -2.00. The van der Waals surface area contributed by atoms with Gasteiger partial charge in [0.1, 0.15) is 5.69 Å². The Hall–Kier alpha value is -3.43. The van der Waals surface area contributed by atoms with Crippen LogP contribution < -0.4 is 5.32 Å². The van der Waals surface area contributed by atoms with E-state index in [4.69, 9.17) is 0 Å². The monoisotopic (exact) mass is 382 g/mol. The third-order valence-corrected chi connectivity index (χ3v) is 3.38. The Kier molecular flexibility index (Phi) is 5.78. The van der Waals surface area contributed by atoms with Gasteiger partial charge in [-0.1, -0.05) is 12.1 Å². The summed E-state index contributed by atoms with van der Waals surface area (Å²) in [5.41, 5.74) is -1.23. The molecule has 0 radical (unpaired) electrons. The molecule has 2 aromatic carbocycles. The van der Waals surface area contributed by atoms with Crippen molar-refractivity contribution in [2.75, 3.05) is 11.9 Å². The van der Waals surface area contributed by atoms with Crippen molar-refractivity contribution in [1.82, 2.24) is 0 Å². The molecule has 0 aliphatic carbocycles. The second kappa shape index (κ2) is 7.85. The fraction of sp³-hybridized carbons (Fsp3) is 0.176. The lowest BCUT2D eigenvalue weighted by molar-refractivity contribution is -0.384. The molecule has 10 heteroatoms. The summed E-state index contributed by atoms with van der Waals surface area (Å²) in [6, 6.07) is 7.65. The average molecular weight is 382 g/mol. The SMILES string of the molecule is Cc1ccc(NC(=O)COC(=O)c2cccc(C(F)(F)F)c2)c([N+](=O)[O-])c1. The molecule has 7 nitrogen and oxygen atoms in total. The van der Waals surface area contributed by atoms with Crippen molar-refractivity contribution in [3.8, 4) is 0 Å². The van der Waals surface area contributed by atoms with Crippen LogP contribution in [0, 0.1) is 17.0 Å². The molecule has 0 atom stereocenters. The number of ether oxygens (including phenoxy) is 1. The van der Waals surface area contributed by atoms with Gasteiger partial charge in [0.05, 0.1) is 16.1 Å². The summed E-state index contributed by atoms with van der Waals surface area (Å²) in [7, 11) is 0. The summed E-state index contributed by atoms with van der Waals surface area (Å²) in [5, 5.41) is 13.2. The predicted molar refractivity (Wildman–Crippen MR) is 88.2 cm³/mol. The molecule has 0 saturated heterocycles. The smallest absolute Gasteiger partial charge is 0.416 e. The highest BCUT2D eigenvalue weighted by Gasteiger charge is 2.31. The van der Waals surface area contributed by atoms with E-state index < -0.39 is 35.1 Å². The van der Waals surface area contributed by atoms with Gasteiger partial charge in [0, 0.05) is 6.07 Å². The minimum Gasteiger partial charge on any atom is -0.452 e. The van der Waals surface area contributed by atoms with Crippen LogP contribution in [0.5, 0.6) is 0 Å². The van der Waals surface area contributed by atoms with Gasteiger partial charge >= 0.3 is 12.1 Å². The molecule has 0 aliphatic heterocycles. The van der Waals surface area contributed by atoms with Crippen molar-refractivity contribution in [1.29, 1.82) is 0 Å². The fourth-order valence-corrected chi connectivity index (χ4v) is 2.12. The molecule has 0 spiro atoms. The Morgan fingerprint density at radius 2 is 1.89 bits per heavy atom. The van der Waals surface area contributed by atoms with Gasteiger partial charge in [-0.05, 0) is 36.8 Å². The molecule has 2 rings (SSSR count). The Bertz CT molecular complexity index is 896. The van der Waals surface area contributed by atoms with Crippen molar-refractivity contribution in [3.05, 3.63) is 69.3 Å². The number of nitro groups is 1. The first-order valence-corrected chi connectivity index (χ1v) is 7.47. The average Bonchev–Trinajstić information content (AvgIpc) is 2.60. The second-order valence-electron chi connectivity index (χ2n) is 5.48. The van der Waals surface area contributed by atoms with Crippen LogP contribution in [0.4, 0.5) is 24.5 Å². The lowest BCUT2D eigenvalue weighted by atomic mass is 10.1. The van der Waals surface area contributed by atoms with Gasteiger partial charge in [0.15, 0.2) is 6.61 Å². The van der Waals surface area contributed by atoms with Gasteiger partial charge in [-0.2, -0.15) is 13.2 Å². The molecule has 1 N–H and O–H groups in total. The van der Waals surface area contributed by atoms with E-state index in [1.165, 1.54) is 18.2 Å². The number of nitrogens with one attached hydrogen (secondary N) is 1. The number of halogens is 3. The zero-order valence-electron chi connectivity index (χ0n) is 13.9. The van der Waals surface area contributed by atoms with Crippen LogP contribution in [0.15, 0.2) is 42.5 Å². The predicted octanol–water partition coefficient (Wildman–Crippen LogP) is 3.72. The minimum absolute atomic E-state index is 0.0919. The molecule has 2 aromatic rings. The van der Waals surface area contributed by atoms with Crippen molar-refractivity contribution < 1.29 is 32.4 Å². The Morgan fingerprint density at radius 1 is 1.19 bits per heavy atom. The number of nitrogens with zero attached hydrogens (tertiary/aromatic N) is 1. The molecule has 0 aliphatic rings. The molecule has 0 fully saturated rings. The first kappa shape index (κ1) is 19.9. The number of benzene rings is 2. The molecular formula is C17H13F3N2O5. The lowest BCUT2D eigenvalue weighted by Gasteiger charge is -2.09. The number of carbonyl (C=O) groups is 2. The third-order valence-electron chi connectivity index (χ3n) is 3.38. The quantitative estimate of drug-likeness (QED) is 0.483. The topological polar surface area (TPSA) is 98.5 Å². The van der Waals surface area contributed by atoms with Crippen molar-refractivity contribution in [3.63, 3.8) is 0 Å². The number of alkyl halides is 3. The van der Waals surface area contributed by atoms with E-state index in [0.717, 1.165) is 18.2 Å². The number of hydrogen-bond acceptors (Lipinski definition) is 5. The van der Waals surface area contributed by atoms with Crippen LogP contribution in [-0.2, 0) is 15.7 Å². The van der Waals surface area contributed by atoms with Crippen LogP contribution in [-0.4, -0.2) is 23.4 Å². The highest BCUT2D eigenvalue weighted by atomic mass is 19.4. The Balaban J connectivity index is 2.02. The van der Waals surface area contributed by atoms with Crippen LogP contribution in [0.1, 0.15) is 21.5 Å². The summed E-state index contributed by atoms with van der Waals surface area (Å²) in [4.78, 5) is 34.0. The maximum Gasteiger partial charge on any atom is 0.416 e. The van der Waals surface area contributed by atoms with Gasteiger partial charge in [-0.25, -0.2) is 4.79 Å². The van der Waals surface area contributed by atoms with Crippen molar-refractivity contribution >= 4 is 23.3 Å². The fourth-order valence-electron chi connectivity index (χ4n) is 2.12. The van der Waals surface area contributed by atoms with E-state index >= 15 is 0 Å². The summed E-state index contributed by atoms with van der Waals surface area (Å²) >= 11 is 0. The Labute approximate surface area is 150 Å². The van der Waals surface area contributed by atoms with Gasteiger partial charge in [0.2, 0.25) is 0 Å². The highest BCUT2D eigenvalue weighted by Crippen LogP contribution is 2.29. The number of carbonyl (C=O) groups excluding carboxylic acids is 2. The molecule has 0 unspecified atom stereocenters. The lowest BCUT2D eigenvalue weighted by Crippen LogP contribution is -2.21. The first-order chi connectivity index (χ1) is 12.6. The largest absolute Gasteiger partial charge is 0.452 e. The van der Waals surface area contributed by atoms with Crippen molar-refractivity contribution in [2.45, 2.75) is 13.1 Å². The molecule has 142 valence electrons. The number of anilines is 1. The van der Waals surface area contributed by atoms with Crippen LogP contribution >= 0.6 is 0 Å². The molecule has 0 bridgehead atoms. The van der Waals surface area contributed by atoms with Gasteiger partial charge < -0.3 is 10.1 Å². The summed E-state index contributed by atoms with van der Waals surface area (Å²) in [6.07, 6.45) is -4.63. The molecule has 1 amide bonds. The molecule has 0 saturated carbocycles. The maximum atomic E-state index is 12.6. The molecule has 0 aromatic heterocycles. The first-order valence-electron chi connectivity index (χ1n) is 7.47. The number of aryl methyl sites for hydroxylation is 1. The zero-order valence-corrected chi connectivity index (χ0v) is 13.9. The maximum absolute atomic E-state index is 12.6. The van der Waals surface area contributed by atoms with Gasteiger partial charge in [-0.15, -0.1) is 0 Å². The normalized spacial score (nSPS) is 11.0. The van der Waals surface area contributed by atoms with E-state index in [2.05, 4.69) is 10.1 Å². The van der Waals surface area contributed by atoms with Gasteiger partial charge in [-0.3, -0.25) is 14.9 Å². The third kappa shape index (κ3) is 5.27. The number of esters is 1.